The summed E-state index contributed by atoms with van der Waals surface area (Å²) in [6.07, 6.45) is -0.109. The zero-order valence-corrected chi connectivity index (χ0v) is 6.10. The summed E-state index contributed by atoms with van der Waals surface area (Å²) < 4.78 is 4.98. The molecule has 5 nitrogen and oxygen atoms in total. The first kappa shape index (κ1) is 8.42. The maximum Gasteiger partial charge on any atom is 0.229 e. The summed E-state index contributed by atoms with van der Waals surface area (Å²) >= 11 is 0. The first-order valence-electron chi connectivity index (χ1n) is 3.58. The standard InChI is InChI=1S/C6H11NO4/c8-6(3-7(9)10)5-1-2-11-4-5/h5-6,8H,1-4H2. The number of aliphatic hydroxyl groups is 1. The number of aliphatic hydroxyl groups excluding tert-OH is 1. The van der Waals surface area contributed by atoms with Gasteiger partial charge in [-0.05, 0) is 6.42 Å². The number of hydrogen-bond acceptors (Lipinski definition) is 4. The van der Waals surface area contributed by atoms with Crippen LogP contribution in [0.5, 0.6) is 0 Å². The largest absolute Gasteiger partial charge is 0.386 e. The van der Waals surface area contributed by atoms with Gasteiger partial charge in [0.15, 0.2) is 0 Å². The minimum atomic E-state index is -0.840. The summed E-state index contributed by atoms with van der Waals surface area (Å²) in [5.41, 5.74) is 0. The SMILES string of the molecule is O=[N+]([O-])CC(O)C1CCOC1. The lowest BCUT2D eigenvalue weighted by Gasteiger charge is -2.10. The molecule has 2 unspecified atom stereocenters. The molecule has 0 radical (unpaired) electrons. The molecule has 0 bridgehead atoms. The van der Waals surface area contributed by atoms with Gasteiger partial charge in [0.05, 0.1) is 6.61 Å². The number of nitro groups is 1. The van der Waals surface area contributed by atoms with Crippen molar-refractivity contribution < 1.29 is 14.8 Å². The van der Waals surface area contributed by atoms with E-state index in [4.69, 9.17) is 4.74 Å². The Hall–Kier alpha value is -0.680. The van der Waals surface area contributed by atoms with Crippen LogP contribution in [0, 0.1) is 16.0 Å². The molecule has 0 saturated carbocycles. The molecule has 0 amide bonds. The zero-order valence-electron chi connectivity index (χ0n) is 6.10. The second-order valence-corrected chi connectivity index (χ2v) is 2.71. The van der Waals surface area contributed by atoms with Crippen LogP contribution in [0.25, 0.3) is 0 Å². The molecular weight excluding hydrogens is 150 g/mol. The molecule has 1 heterocycles. The molecule has 1 aliphatic rings. The number of hydrogen-bond donors (Lipinski definition) is 1. The molecule has 0 aliphatic carbocycles. The number of ether oxygens (including phenoxy) is 1. The van der Waals surface area contributed by atoms with Crippen molar-refractivity contribution in [2.45, 2.75) is 12.5 Å². The van der Waals surface area contributed by atoms with Gasteiger partial charge in [-0.1, -0.05) is 0 Å². The van der Waals surface area contributed by atoms with Gasteiger partial charge in [0, 0.05) is 17.4 Å². The van der Waals surface area contributed by atoms with Crippen LogP contribution in [0.3, 0.4) is 0 Å². The molecule has 5 heteroatoms. The second-order valence-electron chi connectivity index (χ2n) is 2.71. The molecule has 1 fully saturated rings. The fourth-order valence-corrected chi connectivity index (χ4v) is 1.16. The lowest BCUT2D eigenvalue weighted by Crippen LogP contribution is -2.28. The Balaban J connectivity index is 2.28. The zero-order chi connectivity index (χ0) is 8.27. The van der Waals surface area contributed by atoms with Crippen molar-refractivity contribution in [2.75, 3.05) is 19.8 Å². The summed E-state index contributed by atoms with van der Waals surface area (Å²) in [5.74, 6) is -0.0413. The Morgan fingerprint density at radius 2 is 2.55 bits per heavy atom. The quantitative estimate of drug-likeness (QED) is 0.454. The fourth-order valence-electron chi connectivity index (χ4n) is 1.16. The fraction of sp³-hybridized carbons (Fsp3) is 1.00. The van der Waals surface area contributed by atoms with E-state index in [9.17, 15) is 15.2 Å². The second kappa shape index (κ2) is 3.64. The highest BCUT2D eigenvalue weighted by Gasteiger charge is 2.27. The molecule has 2 atom stereocenters. The van der Waals surface area contributed by atoms with Gasteiger partial charge in [0.1, 0.15) is 6.10 Å². The van der Waals surface area contributed by atoms with Crippen LogP contribution in [-0.4, -0.2) is 35.9 Å². The van der Waals surface area contributed by atoms with Crippen LogP contribution in [0.2, 0.25) is 0 Å². The van der Waals surface area contributed by atoms with Gasteiger partial charge in [0.2, 0.25) is 6.54 Å². The molecule has 1 N–H and O–H groups in total. The van der Waals surface area contributed by atoms with E-state index >= 15 is 0 Å². The van der Waals surface area contributed by atoms with E-state index in [-0.39, 0.29) is 12.5 Å². The minimum Gasteiger partial charge on any atom is -0.386 e. The lowest BCUT2D eigenvalue weighted by atomic mass is 10.0. The van der Waals surface area contributed by atoms with Crippen molar-refractivity contribution in [2.24, 2.45) is 5.92 Å². The summed E-state index contributed by atoms with van der Waals surface area (Å²) in [5, 5.41) is 19.2. The Kier molecular flexibility index (Phi) is 2.78. The molecule has 0 aromatic heterocycles. The monoisotopic (exact) mass is 161 g/mol. The maximum absolute atomic E-state index is 9.97. The highest BCUT2D eigenvalue weighted by molar-refractivity contribution is 4.71. The summed E-state index contributed by atoms with van der Waals surface area (Å²) in [4.78, 5) is 9.47. The van der Waals surface area contributed by atoms with E-state index in [2.05, 4.69) is 0 Å². The van der Waals surface area contributed by atoms with E-state index in [1.54, 1.807) is 0 Å². The Morgan fingerprint density at radius 3 is 3.00 bits per heavy atom. The third-order valence-electron chi connectivity index (χ3n) is 1.85. The van der Waals surface area contributed by atoms with Gasteiger partial charge in [-0.2, -0.15) is 0 Å². The first-order valence-corrected chi connectivity index (χ1v) is 3.58. The number of nitrogens with zero attached hydrogens (tertiary/aromatic N) is 1. The van der Waals surface area contributed by atoms with Gasteiger partial charge < -0.3 is 9.84 Å². The van der Waals surface area contributed by atoms with Gasteiger partial charge in [0.25, 0.3) is 0 Å². The molecule has 11 heavy (non-hydrogen) atoms. The van der Waals surface area contributed by atoms with Crippen LogP contribution >= 0.6 is 0 Å². The van der Waals surface area contributed by atoms with Crippen LogP contribution in [-0.2, 0) is 4.74 Å². The van der Waals surface area contributed by atoms with E-state index in [1.165, 1.54) is 0 Å². The van der Waals surface area contributed by atoms with E-state index in [1.807, 2.05) is 0 Å². The predicted octanol–water partition coefficient (Wildman–Crippen LogP) is -0.340. The average molecular weight is 161 g/mol. The van der Waals surface area contributed by atoms with Crippen LogP contribution in [0.1, 0.15) is 6.42 Å². The third-order valence-corrected chi connectivity index (χ3v) is 1.85. The average Bonchev–Trinajstić information content (AvgIpc) is 2.35. The van der Waals surface area contributed by atoms with Crippen LogP contribution in [0.4, 0.5) is 0 Å². The third kappa shape index (κ3) is 2.44. The van der Waals surface area contributed by atoms with Gasteiger partial charge in [-0.15, -0.1) is 0 Å². The van der Waals surface area contributed by atoms with Crippen molar-refractivity contribution in [1.82, 2.24) is 0 Å². The molecule has 1 rings (SSSR count). The van der Waals surface area contributed by atoms with Crippen LogP contribution < -0.4 is 0 Å². The number of rotatable bonds is 3. The molecule has 1 saturated heterocycles. The first-order chi connectivity index (χ1) is 5.20. The highest BCUT2D eigenvalue weighted by Crippen LogP contribution is 2.16. The van der Waals surface area contributed by atoms with Crippen molar-refractivity contribution in [1.29, 1.82) is 0 Å². The maximum atomic E-state index is 9.97. The molecular formula is C6H11NO4. The normalized spacial score (nSPS) is 26.8. The molecule has 0 aromatic rings. The molecule has 64 valence electrons. The molecule has 0 spiro atoms. The Morgan fingerprint density at radius 1 is 1.82 bits per heavy atom. The Bertz CT molecular complexity index is 144. The Labute approximate surface area is 64.1 Å². The summed E-state index contributed by atoms with van der Waals surface area (Å²) in [6, 6.07) is 0. The predicted molar refractivity (Wildman–Crippen MR) is 36.8 cm³/mol. The van der Waals surface area contributed by atoms with Gasteiger partial charge in [-0.3, -0.25) is 10.1 Å². The van der Waals surface area contributed by atoms with E-state index in [0.29, 0.717) is 13.2 Å². The smallest absolute Gasteiger partial charge is 0.229 e. The van der Waals surface area contributed by atoms with Gasteiger partial charge >= 0.3 is 0 Å². The van der Waals surface area contributed by atoms with Crippen molar-refractivity contribution >= 4 is 0 Å². The van der Waals surface area contributed by atoms with Crippen molar-refractivity contribution in [3.05, 3.63) is 10.1 Å². The van der Waals surface area contributed by atoms with Gasteiger partial charge in [-0.25, -0.2) is 0 Å². The summed E-state index contributed by atoms with van der Waals surface area (Å²) in [6.45, 7) is 0.697. The van der Waals surface area contributed by atoms with Crippen molar-refractivity contribution in [3.63, 3.8) is 0 Å². The summed E-state index contributed by atoms with van der Waals surface area (Å²) in [7, 11) is 0. The highest BCUT2D eigenvalue weighted by atomic mass is 16.6. The topological polar surface area (TPSA) is 72.6 Å². The molecule has 1 aliphatic heterocycles. The lowest BCUT2D eigenvalue weighted by molar-refractivity contribution is -0.492. The van der Waals surface area contributed by atoms with E-state index in [0.717, 1.165) is 6.42 Å². The van der Waals surface area contributed by atoms with E-state index < -0.39 is 11.0 Å². The molecule has 0 aromatic carbocycles. The van der Waals surface area contributed by atoms with Crippen LogP contribution in [0.15, 0.2) is 0 Å². The van der Waals surface area contributed by atoms with Crippen molar-refractivity contribution in [3.8, 4) is 0 Å². The minimum absolute atomic E-state index is 0.0413.